The minimum Gasteiger partial charge on any atom is -0.507 e. The number of amides is 1. The molecule has 1 fully saturated rings. The zero-order valence-electron chi connectivity index (χ0n) is 13.2. The molecule has 2 aromatic rings. The lowest BCUT2D eigenvalue weighted by atomic mass is 10.2. The summed E-state index contributed by atoms with van der Waals surface area (Å²) in [5.41, 5.74) is 0.993. The molecule has 0 aromatic heterocycles. The van der Waals surface area contributed by atoms with Crippen LogP contribution in [0.5, 0.6) is 5.75 Å². The number of nitrogens with zero attached hydrogens (tertiary/aromatic N) is 3. The molecule has 0 unspecified atom stereocenters. The van der Waals surface area contributed by atoms with Crippen LogP contribution in [0.3, 0.4) is 0 Å². The molecular formula is C17H12N4O4S. The monoisotopic (exact) mass is 368 g/mol. The summed E-state index contributed by atoms with van der Waals surface area (Å²) in [4.78, 5) is 22.6. The highest BCUT2D eigenvalue weighted by Crippen LogP contribution is 2.28. The van der Waals surface area contributed by atoms with Gasteiger partial charge in [-0.1, -0.05) is 30.3 Å². The van der Waals surface area contributed by atoms with Crippen LogP contribution in [-0.4, -0.2) is 27.3 Å². The molecule has 0 spiro atoms. The molecule has 0 bridgehead atoms. The standard InChI is InChI=1S/C17H12N4O4S/c22-14-7-2-1-5-12(14)9-15-16(23)19-17(26-15)20-18-10-11-4-3-6-13(8-11)21(24)25/h1-10,22H,(H,19,20,23)/b15-9-,18-10+. The zero-order valence-corrected chi connectivity index (χ0v) is 14.0. The number of para-hydroxylation sites is 1. The molecule has 0 saturated carbocycles. The van der Waals surface area contributed by atoms with Crippen LogP contribution in [0.2, 0.25) is 0 Å². The lowest BCUT2D eigenvalue weighted by molar-refractivity contribution is -0.384. The van der Waals surface area contributed by atoms with E-state index in [1.165, 1.54) is 24.4 Å². The van der Waals surface area contributed by atoms with Gasteiger partial charge in [0, 0.05) is 23.3 Å². The van der Waals surface area contributed by atoms with Crippen molar-refractivity contribution >= 4 is 40.8 Å². The van der Waals surface area contributed by atoms with E-state index in [1.807, 2.05) is 0 Å². The summed E-state index contributed by atoms with van der Waals surface area (Å²) >= 11 is 1.08. The maximum atomic E-state index is 12.0. The van der Waals surface area contributed by atoms with E-state index in [-0.39, 0.29) is 22.5 Å². The molecule has 0 aliphatic carbocycles. The van der Waals surface area contributed by atoms with Crippen molar-refractivity contribution < 1.29 is 14.8 Å². The largest absolute Gasteiger partial charge is 0.507 e. The number of non-ortho nitro benzene ring substituents is 1. The lowest BCUT2D eigenvalue weighted by Gasteiger charge is -1.97. The molecule has 3 rings (SSSR count). The molecule has 2 N–H and O–H groups in total. The number of hydrogen-bond acceptors (Lipinski definition) is 7. The van der Waals surface area contributed by atoms with Gasteiger partial charge in [-0.25, -0.2) is 0 Å². The second-order valence-corrected chi connectivity index (χ2v) is 6.16. The van der Waals surface area contributed by atoms with E-state index in [0.29, 0.717) is 16.0 Å². The van der Waals surface area contributed by atoms with Gasteiger partial charge in [-0.05, 0) is 23.9 Å². The first kappa shape index (κ1) is 17.4. The SMILES string of the molecule is O=C1N/C(=N\N=C\c2cccc([N+](=O)[O-])c2)S/C1=C\c1ccccc1O. The predicted octanol–water partition coefficient (Wildman–Crippen LogP) is 2.89. The average Bonchev–Trinajstić information content (AvgIpc) is 2.97. The number of phenols is 1. The number of nitro groups is 1. The molecule has 1 heterocycles. The van der Waals surface area contributed by atoms with E-state index in [4.69, 9.17) is 0 Å². The van der Waals surface area contributed by atoms with Crippen LogP contribution < -0.4 is 5.32 Å². The van der Waals surface area contributed by atoms with E-state index in [0.717, 1.165) is 11.8 Å². The number of carbonyl (C=O) groups excluding carboxylic acids is 1. The Bertz CT molecular complexity index is 969. The smallest absolute Gasteiger partial charge is 0.270 e. The lowest BCUT2D eigenvalue weighted by Crippen LogP contribution is -2.19. The molecule has 1 aliphatic rings. The van der Waals surface area contributed by atoms with Gasteiger partial charge in [-0.2, -0.15) is 5.10 Å². The van der Waals surface area contributed by atoms with Gasteiger partial charge in [-0.15, -0.1) is 5.10 Å². The zero-order chi connectivity index (χ0) is 18.5. The molecule has 0 radical (unpaired) electrons. The van der Waals surface area contributed by atoms with Crippen molar-refractivity contribution in [2.75, 3.05) is 0 Å². The number of carbonyl (C=O) groups is 1. The summed E-state index contributed by atoms with van der Waals surface area (Å²) in [6, 6.07) is 12.6. The van der Waals surface area contributed by atoms with Gasteiger partial charge in [0.05, 0.1) is 16.0 Å². The fourth-order valence-corrected chi connectivity index (χ4v) is 2.86. The summed E-state index contributed by atoms with van der Waals surface area (Å²) in [5.74, 6) is -0.273. The molecule has 1 saturated heterocycles. The quantitative estimate of drug-likeness (QED) is 0.372. The Kier molecular flexibility index (Phi) is 5.09. The van der Waals surface area contributed by atoms with E-state index in [2.05, 4.69) is 15.5 Å². The third-order valence-electron chi connectivity index (χ3n) is 3.31. The Hall–Kier alpha value is -3.46. The first-order chi connectivity index (χ1) is 12.5. The molecule has 8 nitrogen and oxygen atoms in total. The molecule has 130 valence electrons. The molecule has 9 heteroatoms. The Morgan fingerprint density at radius 2 is 2.00 bits per heavy atom. The third-order valence-corrected chi connectivity index (χ3v) is 4.21. The Morgan fingerprint density at radius 1 is 1.19 bits per heavy atom. The van der Waals surface area contributed by atoms with Crippen LogP contribution in [0, 0.1) is 10.1 Å². The van der Waals surface area contributed by atoms with E-state index >= 15 is 0 Å². The molecular weight excluding hydrogens is 356 g/mol. The highest BCUT2D eigenvalue weighted by molar-refractivity contribution is 8.18. The van der Waals surface area contributed by atoms with Gasteiger partial charge in [0.2, 0.25) is 0 Å². The van der Waals surface area contributed by atoms with Crippen molar-refractivity contribution in [2.24, 2.45) is 10.2 Å². The Labute approximate surface area is 152 Å². The molecule has 1 amide bonds. The summed E-state index contributed by atoms with van der Waals surface area (Å²) in [7, 11) is 0. The summed E-state index contributed by atoms with van der Waals surface area (Å²) in [6.45, 7) is 0. The van der Waals surface area contributed by atoms with Gasteiger partial charge in [0.25, 0.3) is 11.6 Å². The van der Waals surface area contributed by atoms with Gasteiger partial charge < -0.3 is 5.11 Å². The van der Waals surface area contributed by atoms with Gasteiger partial charge in [0.1, 0.15) is 5.75 Å². The van der Waals surface area contributed by atoms with Crippen LogP contribution in [-0.2, 0) is 4.79 Å². The number of thioether (sulfide) groups is 1. The first-order valence-corrected chi connectivity index (χ1v) is 8.19. The predicted molar refractivity (Wildman–Crippen MR) is 99.9 cm³/mol. The Morgan fingerprint density at radius 3 is 2.77 bits per heavy atom. The van der Waals surface area contributed by atoms with Crippen LogP contribution in [0.4, 0.5) is 5.69 Å². The van der Waals surface area contributed by atoms with Crippen molar-refractivity contribution in [1.82, 2.24) is 5.32 Å². The van der Waals surface area contributed by atoms with E-state index in [1.54, 1.807) is 36.4 Å². The maximum Gasteiger partial charge on any atom is 0.270 e. The highest BCUT2D eigenvalue weighted by Gasteiger charge is 2.24. The topological polar surface area (TPSA) is 117 Å². The van der Waals surface area contributed by atoms with Gasteiger partial charge in [0.15, 0.2) is 5.17 Å². The number of phenolic OH excluding ortho intramolecular Hbond substituents is 1. The number of hydrogen-bond donors (Lipinski definition) is 2. The minimum absolute atomic E-state index is 0.0435. The molecule has 2 aromatic carbocycles. The fraction of sp³-hybridized carbons (Fsp3) is 0. The van der Waals surface area contributed by atoms with Crippen molar-refractivity contribution in [1.29, 1.82) is 0 Å². The fourth-order valence-electron chi connectivity index (χ4n) is 2.09. The number of amidine groups is 1. The van der Waals surface area contributed by atoms with Crippen molar-refractivity contribution in [2.45, 2.75) is 0 Å². The van der Waals surface area contributed by atoms with Crippen molar-refractivity contribution in [3.63, 3.8) is 0 Å². The molecule has 0 atom stereocenters. The van der Waals surface area contributed by atoms with Crippen molar-refractivity contribution in [3.8, 4) is 5.75 Å². The second kappa shape index (κ2) is 7.62. The number of nitro benzene ring substituents is 1. The summed E-state index contributed by atoms with van der Waals surface area (Å²) < 4.78 is 0. The summed E-state index contributed by atoms with van der Waals surface area (Å²) in [5, 5.41) is 31.1. The van der Waals surface area contributed by atoms with Gasteiger partial charge >= 0.3 is 0 Å². The first-order valence-electron chi connectivity index (χ1n) is 7.37. The molecule has 1 aliphatic heterocycles. The number of aromatic hydroxyl groups is 1. The van der Waals surface area contributed by atoms with Crippen LogP contribution >= 0.6 is 11.8 Å². The van der Waals surface area contributed by atoms with Gasteiger partial charge in [-0.3, -0.25) is 20.2 Å². The summed E-state index contributed by atoms with van der Waals surface area (Å²) in [6.07, 6.45) is 2.92. The normalized spacial score (nSPS) is 17.2. The third kappa shape index (κ3) is 4.14. The van der Waals surface area contributed by atoms with E-state index < -0.39 is 4.92 Å². The number of rotatable bonds is 4. The number of benzene rings is 2. The van der Waals surface area contributed by atoms with Crippen LogP contribution in [0.25, 0.3) is 6.08 Å². The Balaban J connectivity index is 1.73. The highest BCUT2D eigenvalue weighted by atomic mass is 32.2. The van der Waals surface area contributed by atoms with Crippen molar-refractivity contribution in [3.05, 3.63) is 74.7 Å². The molecule has 26 heavy (non-hydrogen) atoms. The average molecular weight is 368 g/mol. The number of nitrogens with one attached hydrogen (secondary N) is 1. The maximum absolute atomic E-state index is 12.0. The second-order valence-electron chi connectivity index (χ2n) is 5.13. The minimum atomic E-state index is -0.494. The van der Waals surface area contributed by atoms with Crippen LogP contribution in [0.1, 0.15) is 11.1 Å². The van der Waals surface area contributed by atoms with Crippen LogP contribution in [0.15, 0.2) is 63.6 Å². The van der Waals surface area contributed by atoms with E-state index in [9.17, 15) is 20.0 Å².